The van der Waals surface area contributed by atoms with E-state index in [1.54, 1.807) is 7.11 Å². The van der Waals surface area contributed by atoms with Crippen LogP contribution in [0, 0.1) is 10.8 Å². The highest BCUT2D eigenvalue weighted by Crippen LogP contribution is 2.49. The number of nitrogens with zero attached hydrogens (tertiary/aromatic N) is 2. The minimum absolute atomic E-state index is 0.392. The van der Waals surface area contributed by atoms with E-state index < -0.39 is 0 Å². The van der Waals surface area contributed by atoms with E-state index in [1.807, 2.05) is 0 Å². The van der Waals surface area contributed by atoms with Gasteiger partial charge in [0.25, 0.3) is 0 Å². The van der Waals surface area contributed by atoms with Gasteiger partial charge >= 0.3 is 0 Å². The molecule has 1 unspecified atom stereocenters. The summed E-state index contributed by atoms with van der Waals surface area (Å²) >= 11 is 0. The standard InChI is InChI=1S/C17H31N3O2/c1-3-18-15(19-12-16(4-5-16)7-10-21-2)20-9-6-17(13-20)8-11-22-14-17/h3-14H2,1-2H3,(H,18,19). The fraction of sp³-hybridized carbons (Fsp3) is 0.941. The number of hydrogen-bond donors (Lipinski definition) is 1. The second-order valence-electron chi connectivity index (χ2n) is 7.39. The summed E-state index contributed by atoms with van der Waals surface area (Å²) in [5.41, 5.74) is 0.814. The molecular formula is C17H31N3O2. The molecule has 0 amide bonds. The minimum atomic E-state index is 0.392. The summed E-state index contributed by atoms with van der Waals surface area (Å²) in [4.78, 5) is 7.42. The van der Waals surface area contributed by atoms with Crippen molar-refractivity contribution in [3.63, 3.8) is 0 Å². The van der Waals surface area contributed by atoms with Crippen molar-refractivity contribution in [1.82, 2.24) is 10.2 Å². The molecule has 126 valence electrons. The van der Waals surface area contributed by atoms with E-state index in [4.69, 9.17) is 14.5 Å². The predicted molar refractivity (Wildman–Crippen MR) is 88.2 cm³/mol. The smallest absolute Gasteiger partial charge is 0.193 e. The zero-order valence-corrected chi connectivity index (χ0v) is 14.2. The van der Waals surface area contributed by atoms with Crippen molar-refractivity contribution in [3.05, 3.63) is 0 Å². The summed E-state index contributed by atoms with van der Waals surface area (Å²) in [6, 6.07) is 0. The van der Waals surface area contributed by atoms with Gasteiger partial charge in [0.2, 0.25) is 0 Å². The van der Waals surface area contributed by atoms with Crippen molar-refractivity contribution >= 4 is 5.96 Å². The van der Waals surface area contributed by atoms with E-state index in [-0.39, 0.29) is 0 Å². The molecule has 3 rings (SSSR count). The van der Waals surface area contributed by atoms with E-state index >= 15 is 0 Å². The fourth-order valence-corrected chi connectivity index (χ4v) is 3.74. The van der Waals surface area contributed by atoms with Crippen molar-refractivity contribution in [3.8, 4) is 0 Å². The van der Waals surface area contributed by atoms with Crippen LogP contribution in [0.5, 0.6) is 0 Å². The Bertz CT molecular complexity index is 401. The number of hydrogen-bond acceptors (Lipinski definition) is 3. The monoisotopic (exact) mass is 309 g/mol. The van der Waals surface area contributed by atoms with Crippen molar-refractivity contribution in [2.45, 2.75) is 39.0 Å². The number of ether oxygens (including phenoxy) is 2. The van der Waals surface area contributed by atoms with Crippen LogP contribution < -0.4 is 5.32 Å². The van der Waals surface area contributed by atoms with Gasteiger partial charge in [0.15, 0.2) is 5.96 Å². The number of methoxy groups -OCH3 is 1. The van der Waals surface area contributed by atoms with Gasteiger partial charge in [-0.25, -0.2) is 0 Å². The second kappa shape index (κ2) is 6.75. The van der Waals surface area contributed by atoms with Crippen LogP contribution in [0.15, 0.2) is 4.99 Å². The van der Waals surface area contributed by atoms with E-state index in [2.05, 4.69) is 17.1 Å². The van der Waals surface area contributed by atoms with Gasteiger partial charge in [-0.1, -0.05) is 0 Å². The Balaban J connectivity index is 1.59. The summed E-state index contributed by atoms with van der Waals surface area (Å²) in [6.45, 7) is 8.96. The molecule has 1 N–H and O–H groups in total. The number of likely N-dealkylation sites (tertiary alicyclic amines) is 1. The van der Waals surface area contributed by atoms with Crippen molar-refractivity contribution in [1.29, 1.82) is 0 Å². The third kappa shape index (κ3) is 3.57. The molecule has 3 aliphatic rings. The van der Waals surface area contributed by atoms with Crippen LogP contribution in [0.2, 0.25) is 0 Å². The Hall–Kier alpha value is -0.810. The maximum absolute atomic E-state index is 5.64. The van der Waals surface area contributed by atoms with Gasteiger partial charge in [-0.05, 0) is 44.4 Å². The molecule has 0 aromatic heterocycles. The molecule has 0 aromatic rings. The quantitative estimate of drug-likeness (QED) is 0.601. The molecule has 2 saturated heterocycles. The Morgan fingerprint density at radius 2 is 2.18 bits per heavy atom. The van der Waals surface area contributed by atoms with E-state index in [1.165, 1.54) is 25.7 Å². The first-order chi connectivity index (χ1) is 10.7. The minimum Gasteiger partial charge on any atom is -0.385 e. The number of rotatable bonds is 6. The van der Waals surface area contributed by atoms with Gasteiger partial charge in [-0.15, -0.1) is 0 Å². The first-order valence-electron chi connectivity index (χ1n) is 8.81. The van der Waals surface area contributed by atoms with Crippen LogP contribution in [0.4, 0.5) is 0 Å². The summed E-state index contributed by atoms with van der Waals surface area (Å²) in [5, 5.41) is 3.49. The molecule has 1 saturated carbocycles. The highest BCUT2D eigenvalue weighted by atomic mass is 16.5. The normalized spacial score (nSPS) is 30.3. The average Bonchev–Trinajstić information content (AvgIpc) is 2.96. The Morgan fingerprint density at radius 3 is 2.82 bits per heavy atom. The molecule has 1 spiro atoms. The highest BCUT2D eigenvalue weighted by Gasteiger charge is 2.44. The van der Waals surface area contributed by atoms with Gasteiger partial charge in [0, 0.05) is 51.9 Å². The molecule has 2 heterocycles. The summed E-state index contributed by atoms with van der Waals surface area (Å²) in [7, 11) is 1.79. The first-order valence-corrected chi connectivity index (χ1v) is 8.81. The van der Waals surface area contributed by atoms with Gasteiger partial charge in [-0.2, -0.15) is 0 Å². The Kier molecular flexibility index (Phi) is 4.93. The number of nitrogens with one attached hydrogen (secondary N) is 1. The van der Waals surface area contributed by atoms with Crippen molar-refractivity contribution in [2.24, 2.45) is 15.8 Å². The van der Waals surface area contributed by atoms with Crippen molar-refractivity contribution < 1.29 is 9.47 Å². The number of aliphatic imine (C=N–C) groups is 1. The topological polar surface area (TPSA) is 46.1 Å². The molecular weight excluding hydrogens is 278 g/mol. The molecule has 2 aliphatic heterocycles. The fourth-order valence-electron chi connectivity index (χ4n) is 3.74. The molecule has 5 nitrogen and oxygen atoms in total. The highest BCUT2D eigenvalue weighted by molar-refractivity contribution is 5.80. The summed E-state index contributed by atoms with van der Waals surface area (Å²) in [5.74, 6) is 1.11. The SMILES string of the molecule is CCNC(=NCC1(CCOC)CC1)N1CCC2(CCOC2)C1. The van der Waals surface area contributed by atoms with E-state index in [0.717, 1.165) is 58.4 Å². The van der Waals surface area contributed by atoms with E-state index in [0.29, 0.717) is 10.8 Å². The maximum atomic E-state index is 5.64. The van der Waals surface area contributed by atoms with Gasteiger partial charge in [0.05, 0.1) is 6.61 Å². The molecule has 22 heavy (non-hydrogen) atoms. The summed E-state index contributed by atoms with van der Waals surface area (Å²) in [6.07, 6.45) is 6.20. The molecule has 0 aromatic carbocycles. The van der Waals surface area contributed by atoms with Crippen LogP contribution in [-0.2, 0) is 9.47 Å². The second-order valence-corrected chi connectivity index (χ2v) is 7.39. The lowest BCUT2D eigenvalue weighted by atomic mass is 9.87. The Labute approximate surface area is 134 Å². The average molecular weight is 309 g/mol. The Morgan fingerprint density at radius 1 is 1.32 bits per heavy atom. The lowest BCUT2D eigenvalue weighted by molar-refractivity contribution is 0.156. The lowest BCUT2D eigenvalue weighted by Crippen LogP contribution is -2.41. The number of guanidine groups is 1. The molecule has 1 atom stereocenters. The van der Waals surface area contributed by atoms with Gasteiger partial charge in [0.1, 0.15) is 0 Å². The van der Waals surface area contributed by atoms with Gasteiger partial charge < -0.3 is 19.7 Å². The van der Waals surface area contributed by atoms with Crippen LogP contribution >= 0.6 is 0 Å². The largest absolute Gasteiger partial charge is 0.385 e. The van der Waals surface area contributed by atoms with Crippen LogP contribution in [0.1, 0.15) is 39.0 Å². The summed E-state index contributed by atoms with van der Waals surface area (Å²) < 4.78 is 10.9. The maximum Gasteiger partial charge on any atom is 0.193 e. The van der Waals surface area contributed by atoms with Crippen LogP contribution in [-0.4, -0.2) is 64.0 Å². The molecule has 1 aliphatic carbocycles. The molecule has 0 radical (unpaired) electrons. The van der Waals surface area contributed by atoms with Crippen LogP contribution in [0.25, 0.3) is 0 Å². The molecule has 5 heteroatoms. The lowest BCUT2D eigenvalue weighted by Gasteiger charge is -2.25. The first kappa shape index (κ1) is 16.1. The predicted octanol–water partition coefficient (Wildman–Crippen LogP) is 1.88. The third-order valence-electron chi connectivity index (χ3n) is 5.62. The van der Waals surface area contributed by atoms with Crippen molar-refractivity contribution in [2.75, 3.05) is 53.1 Å². The van der Waals surface area contributed by atoms with Crippen LogP contribution in [0.3, 0.4) is 0 Å². The van der Waals surface area contributed by atoms with Gasteiger partial charge in [-0.3, -0.25) is 4.99 Å². The molecule has 0 bridgehead atoms. The zero-order valence-electron chi connectivity index (χ0n) is 14.2. The molecule has 3 fully saturated rings. The zero-order chi connectivity index (χ0) is 15.5. The third-order valence-corrected chi connectivity index (χ3v) is 5.62. The van der Waals surface area contributed by atoms with E-state index in [9.17, 15) is 0 Å².